The molecule has 0 aromatic rings. The van der Waals surface area contributed by atoms with Crippen LogP contribution in [-0.4, -0.2) is 44.7 Å². The van der Waals surface area contributed by atoms with Crippen LogP contribution in [0.15, 0.2) is 85.1 Å². The van der Waals surface area contributed by atoms with E-state index in [1.165, 1.54) is 70.6 Å². The van der Waals surface area contributed by atoms with Gasteiger partial charge in [0.05, 0.1) is 6.61 Å². The first-order chi connectivity index (χ1) is 30.3. The summed E-state index contributed by atoms with van der Waals surface area (Å²) in [4.78, 5) is 27.4. The molecule has 0 aliphatic heterocycles. The van der Waals surface area contributed by atoms with Crippen LogP contribution in [0.4, 0.5) is 0 Å². The quantitative estimate of drug-likeness (QED) is 0.0419. The van der Waals surface area contributed by atoms with Crippen LogP contribution in [-0.2, 0) is 9.59 Å². The molecule has 0 aromatic heterocycles. The highest BCUT2D eigenvalue weighted by molar-refractivity contribution is 5.99. The largest absolute Gasteiger partial charge is 0.393 e. The molecule has 5 nitrogen and oxygen atoms in total. The molecule has 0 radical (unpaired) electrons. The van der Waals surface area contributed by atoms with Crippen LogP contribution in [0.5, 0.6) is 0 Å². The molecule has 2 atom stereocenters. The lowest BCUT2D eigenvalue weighted by molar-refractivity contribution is -0.192. The summed E-state index contributed by atoms with van der Waals surface area (Å²) in [5, 5.41) is 34.2. The molecule has 0 aliphatic carbocycles. The molecule has 2 unspecified atom stereocenters. The molecule has 0 saturated heterocycles. The average molecular weight is 863 g/mol. The van der Waals surface area contributed by atoms with Gasteiger partial charge in [0.25, 0.3) is 0 Å². The number of carbonyl (C=O) groups is 2. The van der Waals surface area contributed by atoms with Crippen molar-refractivity contribution in [2.24, 2.45) is 0 Å². The topological polar surface area (TPSA) is 94.8 Å². The first-order valence-electron chi connectivity index (χ1n) is 26.0. The molecule has 0 saturated carbocycles. The zero-order valence-electron chi connectivity index (χ0n) is 40.7. The van der Waals surface area contributed by atoms with Crippen LogP contribution in [0.2, 0.25) is 0 Å². The lowest BCUT2D eigenvalue weighted by Crippen LogP contribution is -2.65. The van der Waals surface area contributed by atoms with Crippen LogP contribution in [0.25, 0.3) is 0 Å². The van der Waals surface area contributed by atoms with Crippen molar-refractivity contribution in [3.05, 3.63) is 85.1 Å². The first kappa shape index (κ1) is 59.4. The van der Waals surface area contributed by atoms with E-state index < -0.39 is 29.4 Å². The summed E-state index contributed by atoms with van der Waals surface area (Å²) in [6.45, 7) is 5.73. The zero-order valence-corrected chi connectivity index (χ0v) is 40.7. The Kier molecular flexibility index (Phi) is 43.1. The summed E-state index contributed by atoms with van der Waals surface area (Å²) < 4.78 is 0. The maximum Gasteiger partial charge on any atom is 0.181 e. The van der Waals surface area contributed by atoms with Crippen LogP contribution in [0.1, 0.15) is 245 Å². The van der Waals surface area contributed by atoms with Gasteiger partial charge >= 0.3 is 0 Å². The van der Waals surface area contributed by atoms with E-state index in [9.17, 15) is 24.9 Å². The van der Waals surface area contributed by atoms with Crippen LogP contribution >= 0.6 is 0 Å². The predicted octanol–water partition coefficient (Wildman–Crippen LogP) is 16.2. The van der Waals surface area contributed by atoms with Gasteiger partial charge in [-0.3, -0.25) is 9.59 Å². The Morgan fingerprint density at radius 3 is 0.919 bits per heavy atom. The third kappa shape index (κ3) is 33.0. The van der Waals surface area contributed by atoms with Gasteiger partial charge in [0.2, 0.25) is 0 Å². The highest BCUT2D eigenvalue weighted by atomic mass is 16.4. The fraction of sp³-hybridized carbons (Fsp3) is 0.719. The molecular weight excluding hydrogens is 765 g/mol. The standard InChI is InChI=1S/C57H98O5/c1-4-7-10-13-16-19-22-25-28-31-34-37-40-43-46-49-52-56(61,54(59)50-47-44-41-38-35-32-29-26-23-20-17-14-11-8-5-2)57(62,53-58)55(60)51-48-45-42-39-36-33-30-27-24-21-18-15-12-9-6-3/h16-21,25-30,34,37,58,61-62H,4-15,22-24,31-33,35-36,38-53H2,1-3H3. The van der Waals surface area contributed by atoms with E-state index in [1.54, 1.807) is 0 Å². The molecule has 0 fully saturated rings. The monoisotopic (exact) mass is 863 g/mol. The normalized spacial score (nSPS) is 14.6. The molecule has 0 spiro atoms. The molecule has 3 N–H and O–H groups in total. The van der Waals surface area contributed by atoms with Crippen molar-refractivity contribution in [2.75, 3.05) is 6.61 Å². The fourth-order valence-electron chi connectivity index (χ4n) is 7.74. The van der Waals surface area contributed by atoms with E-state index in [0.29, 0.717) is 19.3 Å². The highest BCUT2D eigenvalue weighted by Gasteiger charge is 2.57. The minimum absolute atomic E-state index is 0.0323. The second kappa shape index (κ2) is 45.0. The lowest BCUT2D eigenvalue weighted by atomic mass is 9.71. The molecule has 62 heavy (non-hydrogen) atoms. The third-order valence-corrected chi connectivity index (χ3v) is 12.0. The number of rotatable bonds is 46. The Balaban J connectivity index is 4.98. The van der Waals surface area contributed by atoms with Crippen molar-refractivity contribution in [2.45, 2.75) is 257 Å². The Hall–Kier alpha value is -2.60. The van der Waals surface area contributed by atoms with E-state index in [2.05, 4.69) is 106 Å². The average Bonchev–Trinajstić information content (AvgIpc) is 3.28. The maximum atomic E-state index is 13.8. The number of aliphatic hydroxyl groups is 3. The van der Waals surface area contributed by atoms with Crippen molar-refractivity contribution in [1.82, 2.24) is 0 Å². The summed E-state index contributed by atoms with van der Waals surface area (Å²) in [6.07, 6.45) is 64.4. The number of hydrogen-bond acceptors (Lipinski definition) is 5. The third-order valence-electron chi connectivity index (χ3n) is 12.0. The summed E-state index contributed by atoms with van der Waals surface area (Å²) >= 11 is 0. The molecule has 356 valence electrons. The van der Waals surface area contributed by atoms with Crippen molar-refractivity contribution in [1.29, 1.82) is 0 Å². The van der Waals surface area contributed by atoms with E-state index in [1.807, 2.05) is 0 Å². The molecular formula is C57H98O5. The van der Waals surface area contributed by atoms with Crippen molar-refractivity contribution < 1.29 is 24.9 Å². The molecule has 0 amide bonds. The number of Topliss-reactive ketones (excluding diaryl/α,β-unsaturated/α-hetero) is 2. The minimum Gasteiger partial charge on any atom is -0.393 e. The summed E-state index contributed by atoms with van der Waals surface area (Å²) in [5.74, 6) is -1.14. The molecule has 0 bridgehead atoms. The van der Waals surface area contributed by atoms with Gasteiger partial charge < -0.3 is 15.3 Å². The summed E-state index contributed by atoms with van der Waals surface area (Å²) in [6, 6.07) is 0. The minimum atomic E-state index is -2.49. The molecule has 0 heterocycles. The van der Waals surface area contributed by atoms with Gasteiger partial charge in [-0.05, 0) is 128 Å². The first-order valence-corrected chi connectivity index (χ1v) is 26.0. The maximum absolute atomic E-state index is 13.8. The van der Waals surface area contributed by atoms with Gasteiger partial charge in [-0.25, -0.2) is 0 Å². The van der Waals surface area contributed by atoms with E-state index >= 15 is 0 Å². The van der Waals surface area contributed by atoms with Crippen LogP contribution in [0, 0.1) is 0 Å². The Bertz CT molecular complexity index is 1240. The van der Waals surface area contributed by atoms with Crippen molar-refractivity contribution in [3.63, 3.8) is 0 Å². The summed E-state index contributed by atoms with van der Waals surface area (Å²) in [5.41, 5.74) is -4.79. The van der Waals surface area contributed by atoms with Gasteiger partial charge in [-0.2, -0.15) is 0 Å². The number of aliphatic hydroxyl groups excluding tert-OH is 1. The SMILES string of the molecule is CCCCCC=CCC=CCC=CCCCCCC(O)(C(=O)CCCCCCCC=CCC=CCCCCC)C(O)(CO)C(=O)CCCCCCCC=CCC=CCCCCC. The number of ketones is 2. The van der Waals surface area contributed by atoms with Crippen LogP contribution in [0.3, 0.4) is 0 Å². The molecule has 0 rings (SSSR count). The lowest BCUT2D eigenvalue weighted by Gasteiger charge is -2.40. The molecule has 0 aliphatic rings. The Morgan fingerprint density at radius 1 is 0.339 bits per heavy atom. The second-order valence-corrected chi connectivity index (χ2v) is 17.7. The van der Waals surface area contributed by atoms with E-state index in [0.717, 1.165) is 116 Å². The Labute approximate surface area is 383 Å². The molecule has 0 aromatic carbocycles. The van der Waals surface area contributed by atoms with E-state index in [4.69, 9.17) is 0 Å². The fourth-order valence-corrected chi connectivity index (χ4v) is 7.74. The number of unbranched alkanes of at least 4 members (excludes halogenated alkanes) is 22. The number of carbonyl (C=O) groups excluding carboxylic acids is 2. The number of allylic oxidation sites excluding steroid dienone is 14. The Morgan fingerprint density at radius 2 is 0.597 bits per heavy atom. The van der Waals surface area contributed by atoms with Crippen molar-refractivity contribution >= 4 is 11.6 Å². The smallest absolute Gasteiger partial charge is 0.181 e. The highest BCUT2D eigenvalue weighted by Crippen LogP contribution is 2.34. The molecule has 5 heteroatoms. The zero-order chi connectivity index (χ0) is 45.5. The second-order valence-electron chi connectivity index (χ2n) is 17.7. The summed E-state index contributed by atoms with van der Waals surface area (Å²) in [7, 11) is 0. The van der Waals surface area contributed by atoms with Crippen molar-refractivity contribution in [3.8, 4) is 0 Å². The number of hydrogen-bond donors (Lipinski definition) is 3. The van der Waals surface area contributed by atoms with Gasteiger partial charge in [-0.1, -0.05) is 189 Å². The van der Waals surface area contributed by atoms with E-state index in [-0.39, 0.29) is 19.3 Å². The predicted molar refractivity (Wildman–Crippen MR) is 270 cm³/mol. The van der Waals surface area contributed by atoms with Gasteiger partial charge in [0.15, 0.2) is 22.8 Å². The van der Waals surface area contributed by atoms with Gasteiger partial charge in [0.1, 0.15) is 0 Å². The van der Waals surface area contributed by atoms with Gasteiger partial charge in [0, 0.05) is 12.8 Å². The van der Waals surface area contributed by atoms with Gasteiger partial charge in [-0.15, -0.1) is 0 Å². The van der Waals surface area contributed by atoms with Crippen LogP contribution < -0.4 is 0 Å².